The molecule has 0 bridgehead atoms. The topological polar surface area (TPSA) is 65.7 Å². The number of cyclic esters (lactones) is 1. The third-order valence-corrected chi connectivity index (χ3v) is 2.31. The van der Waals surface area contributed by atoms with Crippen molar-refractivity contribution < 1.29 is 23.5 Å². The number of carbonyl (C=O) groups is 2. The summed E-state index contributed by atoms with van der Waals surface area (Å²) in [6, 6.07) is 3.41. The molecule has 0 aliphatic carbocycles. The number of furan rings is 1. The van der Waals surface area contributed by atoms with Crippen molar-refractivity contribution in [1.82, 2.24) is 0 Å². The summed E-state index contributed by atoms with van der Waals surface area (Å²) >= 11 is 0. The summed E-state index contributed by atoms with van der Waals surface area (Å²) in [5.41, 5.74) is 0.748. The molecule has 1 aliphatic heterocycles. The number of ether oxygens (including phenoxy) is 2. The fourth-order valence-electron chi connectivity index (χ4n) is 1.46. The molecule has 94 valence electrons. The van der Waals surface area contributed by atoms with Gasteiger partial charge >= 0.3 is 11.9 Å². The Morgan fingerprint density at radius 2 is 2.22 bits per heavy atom. The predicted octanol–water partition coefficient (Wildman–Crippen LogP) is 2.19. The van der Waals surface area contributed by atoms with E-state index in [4.69, 9.17) is 13.9 Å². The Morgan fingerprint density at radius 1 is 1.44 bits per heavy atom. The van der Waals surface area contributed by atoms with E-state index in [1.807, 2.05) is 0 Å². The zero-order valence-corrected chi connectivity index (χ0v) is 10.1. The molecule has 2 rings (SSSR count). The lowest BCUT2D eigenvalue weighted by Gasteiger charge is -1.98. The van der Waals surface area contributed by atoms with Gasteiger partial charge in [0.25, 0.3) is 0 Å². The molecule has 5 nitrogen and oxygen atoms in total. The third kappa shape index (κ3) is 2.88. The normalized spacial score (nSPS) is 16.7. The smallest absolute Gasteiger partial charge is 0.336 e. The van der Waals surface area contributed by atoms with Crippen LogP contribution < -0.4 is 0 Å². The van der Waals surface area contributed by atoms with Crippen molar-refractivity contribution in [2.45, 2.75) is 20.5 Å². The van der Waals surface area contributed by atoms with Crippen LogP contribution in [0.3, 0.4) is 0 Å². The highest BCUT2D eigenvalue weighted by molar-refractivity contribution is 5.89. The molecule has 1 aromatic heterocycles. The van der Waals surface area contributed by atoms with Crippen molar-refractivity contribution in [2.75, 3.05) is 0 Å². The Bertz CT molecular complexity index is 547. The van der Waals surface area contributed by atoms with E-state index in [9.17, 15) is 9.59 Å². The SMILES string of the molecule is CC(=O)OCc1ccc(/C=C2\OC(=O)C=C2C)o1. The second kappa shape index (κ2) is 4.91. The highest BCUT2D eigenvalue weighted by Gasteiger charge is 2.16. The Labute approximate surface area is 104 Å². The summed E-state index contributed by atoms with van der Waals surface area (Å²) in [6.45, 7) is 3.20. The second-order valence-corrected chi connectivity index (χ2v) is 3.84. The van der Waals surface area contributed by atoms with Gasteiger partial charge in [0.1, 0.15) is 23.9 Å². The van der Waals surface area contributed by atoms with E-state index in [1.165, 1.54) is 13.0 Å². The third-order valence-electron chi connectivity index (χ3n) is 2.31. The first-order valence-electron chi connectivity index (χ1n) is 5.39. The summed E-state index contributed by atoms with van der Waals surface area (Å²) in [6.07, 6.45) is 3.03. The van der Waals surface area contributed by atoms with E-state index in [2.05, 4.69) is 0 Å². The number of hydrogen-bond acceptors (Lipinski definition) is 5. The Kier molecular flexibility index (Phi) is 3.32. The van der Waals surface area contributed by atoms with Gasteiger partial charge in [-0.3, -0.25) is 4.79 Å². The molecule has 2 heterocycles. The quantitative estimate of drug-likeness (QED) is 0.767. The van der Waals surface area contributed by atoms with Crippen LogP contribution in [0.5, 0.6) is 0 Å². The lowest BCUT2D eigenvalue weighted by molar-refractivity contribution is -0.142. The van der Waals surface area contributed by atoms with Crippen LogP contribution in [0.2, 0.25) is 0 Å². The average Bonchev–Trinajstić information content (AvgIpc) is 2.84. The van der Waals surface area contributed by atoms with Crippen LogP contribution in [0.4, 0.5) is 0 Å². The molecule has 18 heavy (non-hydrogen) atoms. The predicted molar refractivity (Wildman–Crippen MR) is 62.0 cm³/mol. The van der Waals surface area contributed by atoms with E-state index in [-0.39, 0.29) is 18.5 Å². The molecule has 0 amide bonds. The largest absolute Gasteiger partial charge is 0.458 e. The van der Waals surface area contributed by atoms with Crippen LogP contribution in [-0.2, 0) is 25.7 Å². The average molecular weight is 248 g/mol. The molecule has 0 N–H and O–H groups in total. The first kappa shape index (κ1) is 12.2. The van der Waals surface area contributed by atoms with E-state index in [0.29, 0.717) is 17.3 Å². The van der Waals surface area contributed by atoms with Gasteiger partial charge in [0.2, 0.25) is 0 Å². The summed E-state index contributed by atoms with van der Waals surface area (Å²) in [7, 11) is 0. The van der Waals surface area contributed by atoms with Crippen LogP contribution in [0.15, 0.2) is 34.0 Å². The van der Waals surface area contributed by atoms with Gasteiger partial charge in [0.05, 0.1) is 0 Å². The summed E-state index contributed by atoms with van der Waals surface area (Å²) in [5.74, 6) is 0.784. The Balaban J connectivity index is 2.07. The van der Waals surface area contributed by atoms with Gasteiger partial charge in [-0.05, 0) is 24.6 Å². The van der Waals surface area contributed by atoms with Gasteiger partial charge < -0.3 is 13.9 Å². The number of hydrogen-bond donors (Lipinski definition) is 0. The van der Waals surface area contributed by atoms with E-state index in [0.717, 1.165) is 5.57 Å². The van der Waals surface area contributed by atoms with Gasteiger partial charge in [-0.1, -0.05) is 0 Å². The molecule has 0 unspecified atom stereocenters. The highest BCUT2D eigenvalue weighted by atomic mass is 16.5. The van der Waals surface area contributed by atoms with Gasteiger partial charge in [-0.25, -0.2) is 4.79 Å². The lowest BCUT2D eigenvalue weighted by Crippen LogP contribution is -1.97. The lowest BCUT2D eigenvalue weighted by atomic mass is 10.2. The van der Waals surface area contributed by atoms with Crippen LogP contribution in [-0.4, -0.2) is 11.9 Å². The fraction of sp³-hybridized carbons (Fsp3) is 0.231. The maximum absolute atomic E-state index is 11.0. The first-order valence-corrected chi connectivity index (χ1v) is 5.39. The number of rotatable bonds is 3. The van der Waals surface area contributed by atoms with E-state index in [1.54, 1.807) is 25.1 Å². The molecule has 5 heteroatoms. The van der Waals surface area contributed by atoms with Crippen molar-refractivity contribution in [1.29, 1.82) is 0 Å². The van der Waals surface area contributed by atoms with Crippen LogP contribution in [0, 0.1) is 0 Å². The molecule has 0 aromatic carbocycles. The van der Waals surface area contributed by atoms with Crippen LogP contribution >= 0.6 is 0 Å². The Morgan fingerprint density at radius 3 is 2.83 bits per heavy atom. The minimum atomic E-state index is -0.384. The summed E-state index contributed by atoms with van der Waals surface area (Å²) < 4.78 is 15.2. The molecular weight excluding hydrogens is 236 g/mol. The maximum atomic E-state index is 11.0. The van der Waals surface area contributed by atoms with Gasteiger partial charge in [-0.15, -0.1) is 0 Å². The molecule has 0 atom stereocenters. The van der Waals surface area contributed by atoms with E-state index < -0.39 is 0 Å². The zero-order valence-electron chi connectivity index (χ0n) is 10.1. The van der Waals surface area contributed by atoms with Crippen molar-refractivity contribution >= 4 is 18.0 Å². The van der Waals surface area contributed by atoms with Gasteiger partial charge in [0, 0.05) is 19.1 Å². The van der Waals surface area contributed by atoms with Crippen molar-refractivity contribution in [3.63, 3.8) is 0 Å². The highest BCUT2D eigenvalue weighted by Crippen LogP contribution is 2.22. The van der Waals surface area contributed by atoms with Gasteiger partial charge in [0.15, 0.2) is 0 Å². The van der Waals surface area contributed by atoms with Crippen LogP contribution in [0.25, 0.3) is 6.08 Å². The number of carbonyl (C=O) groups excluding carboxylic acids is 2. The molecule has 0 saturated carbocycles. The fourth-order valence-corrected chi connectivity index (χ4v) is 1.46. The van der Waals surface area contributed by atoms with E-state index >= 15 is 0 Å². The minimum absolute atomic E-state index is 0.0904. The molecule has 0 saturated heterocycles. The summed E-state index contributed by atoms with van der Waals surface area (Å²) in [5, 5.41) is 0. The van der Waals surface area contributed by atoms with Crippen molar-refractivity contribution in [3.8, 4) is 0 Å². The zero-order chi connectivity index (χ0) is 13.1. The minimum Gasteiger partial charge on any atom is -0.458 e. The maximum Gasteiger partial charge on any atom is 0.336 e. The van der Waals surface area contributed by atoms with Crippen molar-refractivity contribution in [3.05, 3.63) is 41.1 Å². The second-order valence-electron chi connectivity index (χ2n) is 3.84. The van der Waals surface area contributed by atoms with Crippen molar-refractivity contribution in [2.24, 2.45) is 0 Å². The standard InChI is InChI=1S/C13H12O5/c1-8-5-13(15)18-12(8)6-10-3-4-11(17-10)7-16-9(2)14/h3-6H,7H2,1-2H3/b12-6-. The molecule has 0 radical (unpaired) electrons. The molecule has 0 fully saturated rings. The molecule has 0 spiro atoms. The Hall–Kier alpha value is -2.30. The summed E-state index contributed by atoms with van der Waals surface area (Å²) in [4.78, 5) is 21.7. The molecule has 1 aliphatic rings. The molecule has 1 aromatic rings. The number of esters is 2. The first-order chi connectivity index (χ1) is 8.54. The van der Waals surface area contributed by atoms with Gasteiger partial charge in [-0.2, -0.15) is 0 Å². The number of allylic oxidation sites excluding steroid dienone is 1. The molecular formula is C13H12O5. The monoisotopic (exact) mass is 248 g/mol. The van der Waals surface area contributed by atoms with Crippen LogP contribution in [0.1, 0.15) is 25.4 Å².